The van der Waals surface area contributed by atoms with Crippen LogP contribution in [0.3, 0.4) is 0 Å². The molecule has 164 valence electrons. The van der Waals surface area contributed by atoms with Crippen molar-refractivity contribution < 1.29 is 24.0 Å². The lowest BCUT2D eigenvalue weighted by molar-refractivity contribution is 0.0412. The van der Waals surface area contributed by atoms with Gasteiger partial charge in [0.15, 0.2) is 0 Å². The van der Waals surface area contributed by atoms with Crippen LogP contribution in [0, 0.1) is 5.92 Å². The number of imide groups is 1. The van der Waals surface area contributed by atoms with Crippen LogP contribution in [0.2, 0.25) is 0 Å². The lowest BCUT2D eigenvalue weighted by Crippen LogP contribution is -2.44. The summed E-state index contributed by atoms with van der Waals surface area (Å²) in [5.41, 5.74) is 0.930. The van der Waals surface area contributed by atoms with E-state index in [1.54, 1.807) is 52.0 Å². The molecule has 1 atom stereocenters. The Labute approximate surface area is 177 Å². The third-order valence-electron chi connectivity index (χ3n) is 4.56. The first-order chi connectivity index (χ1) is 14.0. The molecule has 3 amide bonds. The van der Waals surface area contributed by atoms with E-state index in [2.05, 4.69) is 10.5 Å². The highest BCUT2D eigenvalue weighted by Crippen LogP contribution is 2.22. The monoisotopic (exact) mass is 417 g/mol. The minimum absolute atomic E-state index is 0.117. The Morgan fingerprint density at radius 3 is 2.20 bits per heavy atom. The van der Waals surface area contributed by atoms with E-state index in [1.165, 1.54) is 4.90 Å². The number of carbonyl (C=O) groups excluding carboxylic acids is 3. The lowest BCUT2D eigenvalue weighted by Gasteiger charge is -2.25. The average molecular weight is 418 g/mol. The molecule has 2 rings (SSSR count). The molecule has 1 N–H and O–H groups in total. The Morgan fingerprint density at radius 2 is 1.70 bits per heavy atom. The van der Waals surface area contributed by atoms with Gasteiger partial charge in [-0.1, -0.05) is 31.1 Å². The molecule has 8 heteroatoms. The van der Waals surface area contributed by atoms with Crippen LogP contribution in [0.25, 0.3) is 0 Å². The van der Waals surface area contributed by atoms with Gasteiger partial charge in [-0.3, -0.25) is 14.5 Å². The van der Waals surface area contributed by atoms with E-state index in [-0.39, 0.29) is 36.9 Å². The second-order valence-electron chi connectivity index (χ2n) is 8.68. The summed E-state index contributed by atoms with van der Waals surface area (Å²) < 4.78 is 5.28. The van der Waals surface area contributed by atoms with E-state index in [0.717, 1.165) is 0 Å². The number of oxime groups is 1. The van der Waals surface area contributed by atoms with Gasteiger partial charge >= 0.3 is 6.09 Å². The van der Waals surface area contributed by atoms with Crippen LogP contribution >= 0.6 is 0 Å². The van der Waals surface area contributed by atoms with E-state index in [9.17, 15) is 14.4 Å². The zero-order valence-corrected chi connectivity index (χ0v) is 18.5. The van der Waals surface area contributed by atoms with Gasteiger partial charge in [-0.25, -0.2) is 4.79 Å². The molecule has 0 aliphatic carbocycles. The number of nitrogens with one attached hydrogen (secondary N) is 1. The highest BCUT2D eigenvalue weighted by Gasteiger charge is 2.34. The molecular formula is C22H31N3O5. The molecule has 1 aromatic rings. The summed E-state index contributed by atoms with van der Waals surface area (Å²) in [6.07, 6.45) is -0.103. The van der Waals surface area contributed by atoms with Gasteiger partial charge in [0, 0.05) is 13.0 Å². The van der Waals surface area contributed by atoms with Crippen LogP contribution < -0.4 is 5.32 Å². The molecule has 0 saturated carbocycles. The number of carbonyl (C=O) groups is 3. The van der Waals surface area contributed by atoms with Crippen molar-refractivity contribution in [2.75, 3.05) is 13.2 Å². The molecule has 1 aliphatic rings. The smallest absolute Gasteiger partial charge is 0.408 e. The molecule has 8 nitrogen and oxygen atoms in total. The van der Waals surface area contributed by atoms with Crippen LogP contribution in [0.15, 0.2) is 29.4 Å². The van der Waals surface area contributed by atoms with Crippen LogP contribution in [0.4, 0.5) is 4.79 Å². The molecule has 1 aromatic carbocycles. The van der Waals surface area contributed by atoms with Crippen molar-refractivity contribution in [3.05, 3.63) is 35.4 Å². The standard InChI is InChI=1S/C22H31N3O5/c1-14(2)18(23-21(28)30-22(4,5)6)13-29-24-15(3)11-12-25-19(26)16-9-7-8-10-17(16)20(25)27/h7-10,14,18H,11-13H2,1-6H3,(H,23,28)/b24-15-/t18-/m0/s1. The quantitative estimate of drug-likeness (QED) is 0.396. The topological polar surface area (TPSA) is 97.3 Å². The molecule has 0 unspecified atom stereocenters. The third kappa shape index (κ3) is 6.30. The second kappa shape index (κ2) is 9.73. The number of hydrogen-bond donors (Lipinski definition) is 1. The van der Waals surface area contributed by atoms with Crippen molar-refractivity contribution in [2.24, 2.45) is 11.1 Å². The molecule has 1 heterocycles. The highest BCUT2D eigenvalue weighted by atomic mass is 16.6. The Hall–Kier alpha value is -2.90. The van der Waals surface area contributed by atoms with Crippen molar-refractivity contribution in [1.29, 1.82) is 0 Å². The summed E-state index contributed by atoms with van der Waals surface area (Å²) in [5.74, 6) is -0.456. The van der Waals surface area contributed by atoms with E-state index in [4.69, 9.17) is 9.57 Å². The summed E-state index contributed by atoms with van der Waals surface area (Å²) in [4.78, 5) is 43.4. The lowest BCUT2D eigenvalue weighted by atomic mass is 10.1. The van der Waals surface area contributed by atoms with E-state index < -0.39 is 11.7 Å². The molecule has 0 bridgehead atoms. The number of amides is 3. The fourth-order valence-corrected chi connectivity index (χ4v) is 2.85. The van der Waals surface area contributed by atoms with Crippen molar-refractivity contribution >= 4 is 23.6 Å². The van der Waals surface area contributed by atoms with Gasteiger partial charge in [-0.2, -0.15) is 0 Å². The largest absolute Gasteiger partial charge is 0.444 e. The molecular weight excluding hydrogens is 386 g/mol. The number of nitrogens with zero attached hydrogens (tertiary/aromatic N) is 2. The zero-order valence-electron chi connectivity index (χ0n) is 18.5. The van der Waals surface area contributed by atoms with Crippen LogP contribution in [0.1, 0.15) is 68.7 Å². The second-order valence-corrected chi connectivity index (χ2v) is 8.68. The number of alkyl carbamates (subject to hydrolysis) is 1. The predicted molar refractivity (Wildman–Crippen MR) is 113 cm³/mol. The fourth-order valence-electron chi connectivity index (χ4n) is 2.85. The molecule has 30 heavy (non-hydrogen) atoms. The third-order valence-corrected chi connectivity index (χ3v) is 4.56. The molecule has 0 aromatic heterocycles. The first-order valence-corrected chi connectivity index (χ1v) is 10.1. The predicted octanol–water partition coefficient (Wildman–Crippen LogP) is 3.61. The Morgan fingerprint density at radius 1 is 1.13 bits per heavy atom. The maximum absolute atomic E-state index is 12.4. The average Bonchev–Trinajstić information content (AvgIpc) is 2.88. The summed E-state index contributed by atoms with van der Waals surface area (Å²) in [6, 6.07) is 6.52. The van der Waals surface area contributed by atoms with Gasteiger partial charge in [0.05, 0.1) is 22.9 Å². The van der Waals surface area contributed by atoms with Gasteiger partial charge < -0.3 is 14.9 Å². The fraction of sp³-hybridized carbons (Fsp3) is 0.545. The van der Waals surface area contributed by atoms with Crippen molar-refractivity contribution in [2.45, 2.75) is 59.6 Å². The van der Waals surface area contributed by atoms with Crippen LogP contribution in [-0.2, 0) is 9.57 Å². The number of fused-ring (bicyclic) bond motifs is 1. The maximum atomic E-state index is 12.4. The maximum Gasteiger partial charge on any atom is 0.408 e. The van der Waals surface area contributed by atoms with E-state index in [0.29, 0.717) is 23.3 Å². The minimum atomic E-state index is -0.578. The summed E-state index contributed by atoms with van der Waals surface area (Å²) >= 11 is 0. The van der Waals surface area contributed by atoms with Crippen LogP contribution in [-0.4, -0.2) is 53.3 Å². The molecule has 0 radical (unpaired) electrons. The minimum Gasteiger partial charge on any atom is -0.444 e. The first-order valence-electron chi connectivity index (χ1n) is 10.1. The van der Waals surface area contributed by atoms with Crippen molar-refractivity contribution in [1.82, 2.24) is 10.2 Å². The Bertz CT molecular complexity index is 791. The van der Waals surface area contributed by atoms with E-state index in [1.807, 2.05) is 13.8 Å². The van der Waals surface area contributed by atoms with Gasteiger partial charge in [-0.05, 0) is 45.7 Å². The summed E-state index contributed by atoms with van der Waals surface area (Å²) in [5, 5.41) is 6.86. The normalized spacial score (nSPS) is 15.3. The molecule has 0 spiro atoms. The Balaban J connectivity index is 1.84. The zero-order chi connectivity index (χ0) is 22.5. The number of ether oxygens (including phenoxy) is 1. The van der Waals surface area contributed by atoms with Gasteiger partial charge in [0.1, 0.15) is 12.2 Å². The SMILES string of the molecule is C/C(CCN1C(=O)c2ccccc2C1=O)=N/OC[C@H](NC(=O)OC(C)(C)C)C(C)C. The summed E-state index contributed by atoms with van der Waals surface area (Å²) in [6.45, 7) is 11.5. The highest BCUT2D eigenvalue weighted by molar-refractivity contribution is 6.21. The van der Waals surface area contributed by atoms with Crippen LogP contribution in [0.5, 0.6) is 0 Å². The molecule has 0 fully saturated rings. The Kier molecular flexibility index (Phi) is 7.59. The number of benzene rings is 1. The van der Waals surface area contributed by atoms with Crippen molar-refractivity contribution in [3.63, 3.8) is 0 Å². The summed E-state index contributed by atoms with van der Waals surface area (Å²) in [7, 11) is 0. The number of rotatable bonds is 8. The molecule has 1 aliphatic heterocycles. The molecule has 0 saturated heterocycles. The van der Waals surface area contributed by atoms with Gasteiger partial charge in [0.2, 0.25) is 0 Å². The van der Waals surface area contributed by atoms with Crippen molar-refractivity contribution in [3.8, 4) is 0 Å². The van der Waals surface area contributed by atoms with Gasteiger partial charge in [0.25, 0.3) is 11.8 Å². The first kappa shape index (κ1) is 23.4. The van der Waals surface area contributed by atoms with Gasteiger partial charge in [-0.15, -0.1) is 0 Å². The number of hydrogen-bond acceptors (Lipinski definition) is 6. The van der Waals surface area contributed by atoms with E-state index >= 15 is 0 Å².